The average Bonchev–Trinajstić information content (AvgIpc) is 2.55. The smallest absolute Gasteiger partial charge is 0.269 e. The van der Waals surface area contributed by atoms with Gasteiger partial charge >= 0.3 is 0 Å². The summed E-state index contributed by atoms with van der Waals surface area (Å²) in [5.74, 6) is 0.663. The van der Waals surface area contributed by atoms with Crippen molar-refractivity contribution < 1.29 is 4.92 Å². The number of aromatic amines is 1. The quantitative estimate of drug-likeness (QED) is 0.656. The minimum absolute atomic E-state index is 0.0198. The van der Waals surface area contributed by atoms with Gasteiger partial charge < -0.3 is 4.98 Å². The van der Waals surface area contributed by atoms with Gasteiger partial charge in [-0.05, 0) is 18.1 Å². The molecule has 1 aromatic heterocycles. The highest BCUT2D eigenvalue weighted by atomic mass is 35.5. The van der Waals surface area contributed by atoms with Crippen LogP contribution in [-0.2, 0) is 24.9 Å². The number of H-pyrrole nitrogens is 1. The van der Waals surface area contributed by atoms with Crippen LogP contribution in [-0.4, -0.2) is 26.3 Å². The molecule has 0 amide bonds. The SMILES string of the molecule is CC(C)(C)c1nc2c(c(=O)[nH]1)CCN(Cc1cc([N+](=O)[O-])ccc1Cl)C2. The van der Waals surface area contributed by atoms with E-state index in [9.17, 15) is 14.9 Å². The molecule has 3 rings (SSSR count). The van der Waals surface area contributed by atoms with Gasteiger partial charge in [-0.1, -0.05) is 32.4 Å². The standard InChI is InChI=1S/C18H21ClN4O3/c1-18(2,3)17-20-15-10-22(7-6-13(15)16(24)21-17)9-11-8-12(23(25)26)4-5-14(11)19/h4-5,8H,6-7,9-10H2,1-3H3,(H,20,21,24). The van der Waals surface area contributed by atoms with Gasteiger partial charge in [0, 0.05) is 47.8 Å². The van der Waals surface area contributed by atoms with Crippen LogP contribution in [0.15, 0.2) is 23.0 Å². The Morgan fingerprint density at radius 1 is 1.38 bits per heavy atom. The number of benzene rings is 1. The number of nitro groups is 1. The van der Waals surface area contributed by atoms with Crippen LogP contribution >= 0.6 is 11.6 Å². The first-order valence-corrected chi connectivity index (χ1v) is 8.80. The number of fused-ring (bicyclic) bond motifs is 1. The van der Waals surface area contributed by atoms with E-state index in [0.29, 0.717) is 42.5 Å². The van der Waals surface area contributed by atoms with Crippen LogP contribution in [0.2, 0.25) is 5.02 Å². The number of hydrogen-bond donors (Lipinski definition) is 1. The zero-order chi connectivity index (χ0) is 19.1. The summed E-state index contributed by atoms with van der Waals surface area (Å²) < 4.78 is 0. The molecule has 1 aromatic carbocycles. The molecule has 0 spiro atoms. The third kappa shape index (κ3) is 3.78. The normalized spacial score (nSPS) is 14.9. The summed E-state index contributed by atoms with van der Waals surface area (Å²) in [6.07, 6.45) is 0.592. The lowest BCUT2D eigenvalue weighted by atomic mass is 9.95. The maximum Gasteiger partial charge on any atom is 0.269 e. The summed E-state index contributed by atoms with van der Waals surface area (Å²) >= 11 is 6.21. The highest BCUT2D eigenvalue weighted by molar-refractivity contribution is 6.31. The molecular weight excluding hydrogens is 356 g/mol. The number of nitrogens with zero attached hydrogens (tertiary/aromatic N) is 3. The van der Waals surface area contributed by atoms with E-state index in [-0.39, 0.29) is 16.7 Å². The van der Waals surface area contributed by atoms with Gasteiger partial charge in [0.15, 0.2) is 0 Å². The molecule has 0 radical (unpaired) electrons. The van der Waals surface area contributed by atoms with Crippen molar-refractivity contribution in [3.05, 3.63) is 66.3 Å². The maximum atomic E-state index is 12.4. The van der Waals surface area contributed by atoms with E-state index < -0.39 is 4.92 Å². The van der Waals surface area contributed by atoms with Gasteiger partial charge in [0.25, 0.3) is 11.2 Å². The number of halogens is 1. The molecule has 138 valence electrons. The highest BCUT2D eigenvalue weighted by Gasteiger charge is 2.25. The Morgan fingerprint density at radius 2 is 2.12 bits per heavy atom. The zero-order valence-electron chi connectivity index (χ0n) is 15.0. The van der Waals surface area contributed by atoms with E-state index in [1.165, 1.54) is 12.1 Å². The van der Waals surface area contributed by atoms with Crippen molar-refractivity contribution >= 4 is 17.3 Å². The van der Waals surface area contributed by atoms with Crippen molar-refractivity contribution in [1.29, 1.82) is 0 Å². The second-order valence-electron chi connectivity index (χ2n) is 7.58. The van der Waals surface area contributed by atoms with Crippen molar-refractivity contribution in [3.63, 3.8) is 0 Å². The molecule has 8 heteroatoms. The summed E-state index contributed by atoms with van der Waals surface area (Å²) in [6, 6.07) is 4.45. The molecule has 1 aliphatic rings. The van der Waals surface area contributed by atoms with Gasteiger partial charge in [-0.2, -0.15) is 0 Å². The molecule has 0 aliphatic carbocycles. The Balaban J connectivity index is 1.87. The lowest BCUT2D eigenvalue weighted by Crippen LogP contribution is -2.36. The van der Waals surface area contributed by atoms with E-state index in [2.05, 4.69) is 14.9 Å². The van der Waals surface area contributed by atoms with Crippen molar-refractivity contribution in [1.82, 2.24) is 14.9 Å². The first kappa shape index (κ1) is 18.5. The molecule has 0 saturated carbocycles. The van der Waals surface area contributed by atoms with Crippen LogP contribution in [0.3, 0.4) is 0 Å². The molecule has 2 aromatic rings. The van der Waals surface area contributed by atoms with Gasteiger partial charge in [0.1, 0.15) is 5.82 Å². The van der Waals surface area contributed by atoms with E-state index >= 15 is 0 Å². The van der Waals surface area contributed by atoms with Gasteiger partial charge in [-0.25, -0.2) is 4.98 Å². The summed E-state index contributed by atoms with van der Waals surface area (Å²) in [5, 5.41) is 11.5. The number of nitro benzene ring substituents is 1. The topological polar surface area (TPSA) is 92.1 Å². The molecule has 0 bridgehead atoms. The van der Waals surface area contributed by atoms with Crippen molar-refractivity contribution in [3.8, 4) is 0 Å². The number of non-ortho nitro benzene ring substituents is 1. The van der Waals surface area contributed by atoms with Crippen LogP contribution < -0.4 is 5.56 Å². The summed E-state index contributed by atoms with van der Waals surface area (Å²) in [6.45, 7) is 7.66. The summed E-state index contributed by atoms with van der Waals surface area (Å²) in [5.41, 5.74) is 1.88. The van der Waals surface area contributed by atoms with Gasteiger partial charge in [-0.3, -0.25) is 19.8 Å². The zero-order valence-corrected chi connectivity index (χ0v) is 15.8. The fraction of sp³-hybridized carbons (Fsp3) is 0.444. The summed E-state index contributed by atoms with van der Waals surface area (Å²) in [4.78, 5) is 32.6. The van der Waals surface area contributed by atoms with Crippen LogP contribution in [0.1, 0.15) is 43.4 Å². The fourth-order valence-electron chi connectivity index (χ4n) is 3.02. The Kier molecular flexibility index (Phi) is 4.86. The molecule has 2 heterocycles. The molecule has 1 aliphatic heterocycles. The minimum atomic E-state index is -0.429. The lowest BCUT2D eigenvalue weighted by Gasteiger charge is -2.29. The van der Waals surface area contributed by atoms with Crippen LogP contribution in [0.5, 0.6) is 0 Å². The van der Waals surface area contributed by atoms with E-state index in [0.717, 1.165) is 11.3 Å². The van der Waals surface area contributed by atoms with E-state index in [1.807, 2.05) is 20.8 Å². The predicted molar refractivity (Wildman–Crippen MR) is 99.5 cm³/mol. The molecule has 7 nitrogen and oxygen atoms in total. The molecule has 0 fully saturated rings. The fourth-order valence-corrected chi connectivity index (χ4v) is 3.20. The Morgan fingerprint density at radius 3 is 2.77 bits per heavy atom. The Bertz CT molecular complexity index is 918. The van der Waals surface area contributed by atoms with Crippen LogP contribution in [0, 0.1) is 10.1 Å². The van der Waals surface area contributed by atoms with Crippen LogP contribution in [0.4, 0.5) is 5.69 Å². The molecule has 26 heavy (non-hydrogen) atoms. The first-order valence-electron chi connectivity index (χ1n) is 8.43. The third-order valence-electron chi connectivity index (χ3n) is 4.50. The number of hydrogen-bond acceptors (Lipinski definition) is 5. The maximum absolute atomic E-state index is 12.4. The van der Waals surface area contributed by atoms with Crippen molar-refractivity contribution in [2.45, 2.75) is 45.7 Å². The largest absolute Gasteiger partial charge is 0.310 e. The second-order valence-corrected chi connectivity index (χ2v) is 7.99. The molecule has 0 unspecified atom stereocenters. The van der Waals surface area contributed by atoms with Gasteiger partial charge in [0.05, 0.1) is 10.6 Å². The Hall–Kier alpha value is -2.25. The number of rotatable bonds is 3. The number of aromatic nitrogens is 2. The van der Waals surface area contributed by atoms with Crippen molar-refractivity contribution in [2.75, 3.05) is 6.54 Å². The Labute approximate surface area is 156 Å². The summed E-state index contributed by atoms with van der Waals surface area (Å²) in [7, 11) is 0. The number of nitrogens with one attached hydrogen (secondary N) is 1. The lowest BCUT2D eigenvalue weighted by molar-refractivity contribution is -0.384. The highest BCUT2D eigenvalue weighted by Crippen LogP contribution is 2.26. The van der Waals surface area contributed by atoms with Gasteiger partial charge in [-0.15, -0.1) is 0 Å². The van der Waals surface area contributed by atoms with Gasteiger partial charge in [0.2, 0.25) is 0 Å². The predicted octanol–water partition coefficient (Wildman–Crippen LogP) is 3.19. The average molecular weight is 377 g/mol. The first-order chi connectivity index (χ1) is 12.1. The second kappa shape index (κ2) is 6.81. The third-order valence-corrected chi connectivity index (χ3v) is 4.87. The minimum Gasteiger partial charge on any atom is -0.310 e. The van der Waals surface area contributed by atoms with Crippen molar-refractivity contribution in [2.24, 2.45) is 0 Å². The molecular formula is C18H21ClN4O3. The van der Waals surface area contributed by atoms with Crippen LogP contribution in [0.25, 0.3) is 0 Å². The molecule has 0 atom stereocenters. The van der Waals surface area contributed by atoms with E-state index in [1.54, 1.807) is 6.07 Å². The molecule has 0 saturated heterocycles. The van der Waals surface area contributed by atoms with E-state index in [4.69, 9.17) is 11.6 Å². The molecule has 1 N–H and O–H groups in total. The monoisotopic (exact) mass is 376 g/mol.